The predicted molar refractivity (Wildman–Crippen MR) is 80.0 cm³/mol. The third-order valence-corrected chi connectivity index (χ3v) is 3.50. The van der Waals surface area contributed by atoms with Crippen molar-refractivity contribution in [1.29, 1.82) is 0 Å². The first-order valence-electron chi connectivity index (χ1n) is 5.53. The van der Waals surface area contributed by atoms with Gasteiger partial charge in [-0.1, -0.05) is 65.1 Å². The minimum atomic E-state index is 0.341. The van der Waals surface area contributed by atoms with Crippen LogP contribution in [0.3, 0.4) is 0 Å². The molecule has 94 valence electrons. The fourth-order valence-electron chi connectivity index (χ4n) is 1.84. The summed E-state index contributed by atoms with van der Waals surface area (Å²) in [7, 11) is 0. The second-order valence-electron chi connectivity index (χ2n) is 3.99. The SMILES string of the molecule is Clc1cc(Cl)c2nc(-c3ccccc3)nc(Cl)c2c1. The Morgan fingerprint density at radius 1 is 0.842 bits per heavy atom. The highest BCUT2D eigenvalue weighted by Gasteiger charge is 2.11. The van der Waals surface area contributed by atoms with E-state index in [0.717, 1.165) is 5.56 Å². The zero-order valence-corrected chi connectivity index (χ0v) is 11.8. The van der Waals surface area contributed by atoms with E-state index >= 15 is 0 Å². The molecule has 3 aromatic rings. The molecule has 0 fully saturated rings. The van der Waals surface area contributed by atoms with Crippen LogP contribution >= 0.6 is 34.8 Å². The topological polar surface area (TPSA) is 25.8 Å². The molecule has 0 saturated carbocycles. The van der Waals surface area contributed by atoms with Gasteiger partial charge in [0.25, 0.3) is 0 Å². The molecule has 0 saturated heterocycles. The molecule has 2 aromatic carbocycles. The third-order valence-electron chi connectivity index (χ3n) is 2.70. The number of nitrogens with zero attached hydrogens (tertiary/aromatic N) is 2. The summed E-state index contributed by atoms with van der Waals surface area (Å²) in [5.74, 6) is 0.544. The molecule has 1 heterocycles. The Balaban J connectivity index is 2.31. The molecule has 0 unspecified atom stereocenters. The fraction of sp³-hybridized carbons (Fsp3) is 0. The van der Waals surface area contributed by atoms with Crippen LogP contribution in [0.25, 0.3) is 22.3 Å². The van der Waals surface area contributed by atoms with Gasteiger partial charge < -0.3 is 0 Å². The lowest BCUT2D eigenvalue weighted by Gasteiger charge is -2.06. The highest BCUT2D eigenvalue weighted by atomic mass is 35.5. The van der Waals surface area contributed by atoms with Crippen molar-refractivity contribution in [2.45, 2.75) is 0 Å². The molecule has 0 atom stereocenters. The maximum Gasteiger partial charge on any atom is 0.161 e. The number of hydrogen-bond acceptors (Lipinski definition) is 2. The van der Waals surface area contributed by atoms with Gasteiger partial charge in [0.1, 0.15) is 5.15 Å². The molecule has 0 spiro atoms. The summed E-state index contributed by atoms with van der Waals surface area (Å²) in [6.45, 7) is 0. The van der Waals surface area contributed by atoms with Crippen molar-refractivity contribution < 1.29 is 0 Å². The zero-order chi connectivity index (χ0) is 13.4. The summed E-state index contributed by atoms with van der Waals surface area (Å²) in [4.78, 5) is 8.75. The second-order valence-corrected chi connectivity index (χ2v) is 5.19. The van der Waals surface area contributed by atoms with E-state index in [-0.39, 0.29) is 0 Å². The monoisotopic (exact) mass is 308 g/mol. The molecule has 2 nitrogen and oxygen atoms in total. The number of aromatic nitrogens is 2. The average Bonchev–Trinajstić information content (AvgIpc) is 2.41. The molecule has 0 aliphatic rings. The molecule has 3 rings (SSSR count). The maximum absolute atomic E-state index is 6.19. The van der Waals surface area contributed by atoms with Gasteiger partial charge in [0.15, 0.2) is 5.82 Å². The quantitative estimate of drug-likeness (QED) is 0.573. The molecule has 0 bridgehead atoms. The van der Waals surface area contributed by atoms with Gasteiger partial charge in [0, 0.05) is 16.0 Å². The number of hydrogen-bond donors (Lipinski definition) is 0. The minimum Gasteiger partial charge on any atom is -0.226 e. The molecule has 0 aliphatic heterocycles. The maximum atomic E-state index is 6.19. The zero-order valence-electron chi connectivity index (χ0n) is 9.57. The fourth-order valence-corrected chi connectivity index (χ4v) is 2.60. The Hall–Kier alpha value is -1.35. The van der Waals surface area contributed by atoms with Crippen molar-refractivity contribution in [1.82, 2.24) is 9.97 Å². The normalized spacial score (nSPS) is 10.9. The average molecular weight is 310 g/mol. The van der Waals surface area contributed by atoms with Crippen LogP contribution < -0.4 is 0 Å². The Morgan fingerprint density at radius 2 is 1.58 bits per heavy atom. The number of benzene rings is 2. The Morgan fingerprint density at radius 3 is 2.32 bits per heavy atom. The second kappa shape index (κ2) is 4.97. The molecule has 0 radical (unpaired) electrons. The lowest BCUT2D eigenvalue weighted by atomic mass is 10.2. The third kappa shape index (κ3) is 2.39. The van der Waals surface area contributed by atoms with Crippen molar-refractivity contribution in [3.05, 3.63) is 57.7 Å². The highest BCUT2D eigenvalue weighted by Crippen LogP contribution is 2.32. The van der Waals surface area contributed by atoms with Crippen molar-refractivity contribution in [3.63, 3.8) is 0 Å². The van der Waals surface area contributed by atoms with Gasteiger partial charge in [-0.3, -0.25) is 0 Å². The van der Waals surface area contributed by atoms with Crippen molar-refractivity contribution in [3.8, 4) is 11.4 Å². The van der Waals surface area contributed by atoms with E-state index in [9.17, 15) is 0 Å². The first-order valence-corrected chi connectivity index (χ1v) is 6.66. The Bertz CT molecular complexity index is 757. The molecule has 19 heavy (non-hydrogen) atoms. The largest absolute Gasteiger partial charge is 0.226 e. The van der Waals surface area contributed by atoms with Crippen LogP contribution in [0.5, 0.6) is 0 Å². The van der Waals surface area contributed by atoms with Crippen LogP contribution in [0.1, 0.15) is 0 Å². The van der Waals surface area contributed by atoms with E-state index < -0.39 is 0 Å². The lowest BCUT2D eigenvalue weighted by molar-refractivity contribution is 1.23. The van der Waals surface area contributed by atoms with Crippen LogP contribution in [0.4, 0.5) is 0 Å². The predicted octanol–water partition coefficient (Wildman–Crippen LogP) is 5.26. The molecular formula is C14H7Cl3N2. The Labute approximate surface area is 125 Å². The molecule has 1 aromatic heterocycles. The van der Waals surface area contributed by atoms with Gasteiger partial charge in [0.2, 0.25) is 0 Å². The summed E-state index contributed by atoms with van der Waals surface area (Å²) < 4.78 is 0. The standard InChI is InChI=1S/C14H7Cl3N2/c15-9-6-10-12(11(16)7-9)18-14(19-13(10)17)8-4-2-1-3-5-8/h1-7H. The van der Waals surface area contributed by atoms with Gasteiger partial charge >= 0.3 is 0 Å². The van der Waals surface area contributed by atoms with Gasteiger partial charge in [-0.15, -0.1) is 0 Å². The summed E-state index contributed by atoms with van der Waals surface area (Å²) >= 11 is 18.3. The molecule has 0 amide bonds. The molecule has 5 heteroatoms. The summed E-state index contributed by atoms with van der Waals surface area (Å²) in [6.07, 6.45) is 0. The van der Waals surface area contributed by atoms with E-state index in [0.29, 0.717) is 31.9 Å². The number of halogens is 3. The summed E-state index contributed by atoms with van der Waals surface area (Å²) in [6, 6.07) is 12.9. The van der Waals surface area contributed by atoms with Crippen LogP contribution in [0, 0.1) is 0 Å². The van der Waals surface area contributed by atoms with Crippen LogP contribution in [0.2, 0.25) is 15.2 Å². The van der Waals surface area contributed by atoms with Gasteiger partial charge in [0.05, 0.1) is 10.5 Å². The molecule has 0 aliphatic carbocycles. The van der Waals surface area contributed by atoms with Crippen molar-refractivity contribution in [2.75, 3.05) is 0 Å². The van der Waals surface area contributed by atoms with E-state index in [1.807, 2.05) is 30.3 Å². The lowest BCUT2D eigenvalue weighted by Crippen LogP contribution is -1.92. The van der Waals surface area contributed by atoms with E-state index in [4.69, 9.17) is 34.8 Å². The van der Waals surface area contributed by atoms with Crippen LogP contribution in [-0.2, 0) is 0 Å². The number of rotatable bonds is 1. The van der Waals surface area contributed by atoms with E-state index in [1.54, 1.807) is 12.1 Å². The first kappa shape index (κ1) is 12.7. The van der Waals surface area contributed by atoms with Crippen molar-refractivity contribution in [2.24, 2.45) is 0 Å². The molecule has 0 N–H and O–H groups in total. The van der Waals surface area contributed by atoms with E-state index in [1.165, 1.54) is 0 Å². The van der Waals surface area contributed by atoms with Gasteiger partial charge in [-0.25, -0.2) is 9.97 Å². The van der Waals surface area contributed by atoms with Gasteiger partial charge in [-0.05, 0) is 12.1 Å². The van der Waals surface area contributed by atoms with Gasteiger partial charge in [-0.2, -0.15) is 0 Å². The van der Waals surface area contributed by atoms with Crippen molar-refractivity contribution >= 4 is 45.7 Å². The highest BCUT2D eigenvalue weighted by molar-refractivity contribution is 6.41. The number of fused-ring (bicyclic) bond motifs is 1. The summed E-state index contributed by atoms with van der Waals surface area (Å²) in [5.41, 5.74) is 1.49. The summed E-state index contributed by atoms with van der Waals surface area (Å²) in [5, 5.41) is 1.96. The van der Waals surface area contributed by atoms with E-state index in [2.05, 4.69) is 9.97 Å². The molecular weight excluding hydrogens is 303 g/mol. The van der Waals surface area contributed by atoms with Crippen LogP contribution in [0.15, 0.2) is 42.5 Å². The minimum absolute atomic E-state index is 0.341. The smallest absolute Gasteiger partial charge is 0.161 e. The van der Waals surface area contributed by atoms with Crippen LogP contribution in [-0.4, -0.2) is 9.97 Å². The Kier molecular flexibility index (Phi) is 3.31. The first-order chi connectivity index (χ1) is 9.15.